The number of anilines is 2. The van der Waals surface area contributed by atoms with Crippen molar-refractivity contribution in [2.24, 2.45) is 0 Å². The highest BCUT2D eigenvalue weighted by atomic mass is 16.6. The fourth-order valence-electron chi connectivity index (χ4n) is 1.46. The van der Waals surface area contributed by atoms with Crippen LogP contribution in [0.5, 0.6) is 0 Å². The molecule has 18 heavy (non-hydrogen) atoms. The normalized spacial score (nSPS) is 10.0. The molecule has 0 atom stereocenters. The standard InChI is InChI=1S/C11H11N5O2/c12-10-5-6-13-11(15-10)7-14-8-3-1-2-4-9(8)16(17)18/h1-6,14H,7H2,(H2,12,13,15). The number of aromatic nitrogens is 2. The summed E-state index contributed by atoms with van der Waals surface area (Å²) in [6.45, 7) is 0.274. The smallest absolute Gasteiger partial charge is 0.292 e. The molecule has 7 nitrogen and oxygen atoms in total. The van der Waals surface area contributed by atoms with E-state index in [4.69, 9.17) is 5.73 Å². The molecule has 0 aliphatic carbocycles. The van der Waals surface area contributed by atoms with Crippen molar-refractivity contribution in [1.82, 2.24) is 9.97 Å². The lowest BCUT2D eigenvalue weighted by Crippen LogP contribution is -2.07. The van der Waals surface area contributed by atoms with E-state index < -0.39 is 4.92 Å². The molecular weight excluding hydrogens is 234 g/mol. The average Bonchev–Trinajstić information content (AvgIpc) is 2.37. The second-order valence-corrected chi connectivity index (χ2v) is 3.53. The van der Waals surface area contributed by atoms with Gasteiger partial charge < -0.3 is 11.1 Å². The van der Waals surface area contributed by atoms with Crippen LogP contribution in [0.15, 0.2) is 36.5 Å². The maximum Gasteiger partial charge on any atom is 0.292 e. The third-order valence-corrected chi connectivity index (χ3v) is 2.26. The first kappa shape index (κ1) is 11.8. The van der Waals surface area contributed by atoms with Crippen LogP contribution >= 0.6 is 0 Å². The van der Waals surface area contributed by atoms with Crippen molar-refractivity contribution in [1.29, 1.82) is 0 Å². The van der Waals surface area contributed by atoms with Gasteiger partial charge in [0.1, 0.15) is 17.3 Å². The van der Waals surface area contributed by atoms with E-state index in [0.717, 1.165) is 0 Å². The van der Waals surface area contributed by atoms with E-state index in [9.17, 15) is 10.1 Å². The van der Waals surface area contributed by atoms with Crippen molar-refractivity contribution < 1.29 is 4.92 Å². The molecule has 0 saturated carbocycles. The number of hydrogen-bond acceptors (Lipinski definition) is 6. The highest BCUT2D eigenvalue weighted by molar-refractivity contribution is 5.60. The van der Waals surface area contributed by atoms with Gasteiger partial charge in [-0.15, -0.1) is 0 Å². The van der Waals surface area contributed by atoms with Crippen molar-refractivity contribution in [3.05, 3.63) is 52.5 Å². The van der Waals surface area contributed by atoms with Gasteiger partial charge in [0.2, 0.25) is 0 Å². The third-order valence-electron chi connectivity index (χ3n) is 2.26. The maximum atomic E-state index is 10.8. The summed E-state index contributed by atoms with van der Waals surface area (Å²) in [5.74, 6) is 0.845. The molecule has 3 N–H and O–H groups in total. The number of nitrogens with one attached hydrogen (secondary N) is 1. The molecule has 0 aliphatic heterocycles. The first-order chi connectivity index (χ1) is 8.66. The Hall–Kier alpha value is -2.70. The van der Waals surface area contributed by atoms with Crippen LogP contribution in [0.3, 0.4) is 0 Å². The van der Waals surface area contributed by atoms with Crippen LogP contribution in [0.25, 0.3) is 0 Å². The van der Waals surface area contributed by atoms with Crippen molar-refractivity contribution in [3.63, 3.8) is 0 Å². The molecule has 92 valence electrons. The Morgan fingerprint density at radius 2 is 2.11 bits per heavy atom. The fraction of sp³-hybridized carbons (Fsp3) is 0.0909. The highest BCUT2D eigenvalue weighted by Gasteiger charge is 2.11. The molecule has 0 radical (unpaired) electrons. The highest BCUT2D eigenvalue weighted by Crippen LogP contribution is 2.23. The SMILES string of the molecule is Nc1ccnc(CNc2ccccc2[N+](=O)[O-])n1. The summed E-state index contributed by atoms with van der Waals surface area (Å²) in [6, 6.07) is 7.97. The molecular formula is C11H11N5O2. The van der Waals surface area contributed by atoms with Gasteiger partial charge in [0.05, 0.1) is 11.5 Å². The minimum atomic E-state index is -0.442. The summed E-state index contributed by atoms with van der Waals surface area (Å²) in [5.41, 5.74) is 5.96. The Balaban J connectivity index is 2.13. The Morgan fingerprint density at radius 3 is 2.83 bits per heavy atom. The molecule has 0 fully saturated rings. The quantitative estimate of drug-likeness (QED) is 0.625. The largest absolute Gasteiger partial charge is 0.384 e. The van der Waals surface area contributed by atoms with Crippen LogP contribution in [0.2, 0.25) is 0 Å². The molecule has 7 heteroatoms. The van der Waals surface area contributed by atoms with E-state index in [-0.39, 0.29) is 12.2 Å². The van der Waals surface area contributed by atoms with E-state index in [2.05, 4.69) is 15.3 Å². The van der Waals surface area contributed by atoms with Gasteiger partial charge in [-0.2, -0.15) is 0 Å². The Morgan fingerprint density at radius 1 is 1.33 bits per heavy atom. The summed E-state index contributed by atoms with van der Waals surface area (Å²) < 4.78 is 0. The van der Waals surface area contributed by atoms with E-state index >= 15 is 0 Å². The molecule has 0 unspecified atom stereocenters. The molecule has 1 aromatic carbocycles. The monoisotopic (exact) mass is 245 g/mol. The van der Waals surface area contributed by atoms with Crippen LogP contribution in [0.4, 0.5) is 17.2 Å². The van der Waals surface area contributed by atoms with Crippen molar-refractivity contribution in [2.45, 2.75) is 6.54 Å². The molecule has 2 aromatic rings. The number of nitrogens with two attached hydrogens (primary N) is 1. The molecule has 0 aliphatic rings. The van der Waals surface area contributed by atoms with Gasteiger partial charge in [-0.25, -0.2) is 9.97 Å². The lowest BCUT2D eigenvalue weighted by molar-refractivity contribution is -0.384. The van der Waals surface area contributed by atoms with Crippen LogP contribution in [-0.2, 0) is 6.54 Å². The summed E-state index contributed by atoms with van der Waals surface area (Å²) in [5, 5.41) is 13.7. The minimum absolute atomic E-state index is 0.0152. The van der Waals surface area contributed by atoms with E-state index in [1.54, 1.807) is 30.5 Å². The lowest BCUT2D eigenvalue weighted by atomic mass is 10.2. The van der Waals surface area contributed by atoms with Crippen LogP contribution in [-0.4, -0.2) is 14.9 Å². The van der Waals surface area contributed by atoms with Gasteiger partial charge in [0.15, 0.2) is 0 Å². The third kappa shape index (κ3) is 2.70. The van der Waals surface area contributed by atoms with Crippen LogP contribution < -0.4 is 11.1 Å². The number of nitro benzene ring substituents is 1. The van der Waals surface area contributed by atoms with Gasteiger partial charge in [-0.1, -0.05) is 12.1 Å². The fourth-order valence-corrected chi connectivity index (χ4v) is 1.46. The maximum absolute atomic E-state index is 10.8. The second kappa shape index (κ2) is 5.09. The summed E-state index contributed by atoms with van der Waals surface area (Å²) in [6.07, 6.45) is 1.54. The van der Waals surface area contributed by atoms with Crippen molar-refractivity contribution >= 4 is 17.2 Å². The summed E-state index contributed by atoms with van der Waals surface area (Å²) in [7, 11) is 0. The number of rotatable bonds is 4. The van der Waals surface area contributed by atoms with E-state index in [0.29, 0.717) is 17.3 Å². The molecule has 0 amide bonds. The predicted molar refractivity (Wildman–Crippen MR) is 66.9 cm³/mol. The van der Waals surface area contributed by atoms with Gasteiger partial charge in [-0.3, -0.25) is 10.1 Å². The summed E-state index contributed by atoms with van der Waals surface area (Å²) in [4.78, 5) is 18.4. The zero-order valence-electron chi connectivity index (χ0n) is 9.41. The zero-order valence-corrected chi connectivity index (χ0v) is 9.41. The second-order valence-electron chi connectivity index (χ2n) is 3.53. The number of nitrogens with zero attached hydrogens (tertiary/aromatic N) is 3. The van der Waals surface area contributed by atoms with Crippen molar-refractivity contribution in [3.8, 4) is 0 Å². The lowest BCUT2D eigenvalue weighted by Gasteiger charge is -2.06. The number of nitro groups is 1. The van der Waals surface area contributed by atoms with Gasteiger partial charge in [0, 0.05) is 12.3 Å². The number of benzene rings is 1. The predicted octanol–water partition coefficient (Wildman–Crippen LogP) is 1.58. The molecule has 0 saturated heterocycles. The van der Waals surface area contributed by atoms with E-state index in [1.807, 2.05) is 0 Å². The van der Waals surface area contributed by atoms with Crippen molar-refractivity contribution in [2.75, 3.05) is 11.1 Å². The molecule has 0 bridgehead atoms. The number of hydrogen-bond donors (Lipinski definition) is 2. The Kier molecular flexibility index (Phi) is 3.33. The topological polar surface area (TPSA) is 107 Å². The van der Waals surface area contributed by atoms with E-state index in [1.165, 1.54) is 6.07 Å². The molecule has 2 rings (SSSR count). The molecule has 1 aromatic heterocycles. The van der Waals surface area contributed by atoms with Gasteiger partial charge in [-0.05, 0) is 12.1 Å². The van der Waals surface area contributed by atoms with Crippen LogP contribution in [0, 0.1) is 10.1 Å². The van der Waals surface area contributed by atoms with Gasteiger partial charge in [0.25, 0.3) is 5.69 Å². The number of para-hydroxylation sites is 2. The number of nitrogen functional groups attached to an aromatic ring is 1. The minimum Gasteiger partial charge on any atom is -0.384 e. The first-order valence-electron chi connectivity index (χ1n) is 5.21. The first-order valence-corrected chi connectivity index (χ1v) is 5.21. The molecule has 1 heterocycles. The summed E-state index contributed by atoms with van der Waals surface area (Å²) >= 11 is 0. The zero-order chi connectivity index (χ0) is 13.0. The van der Waals surface area contributed by atoms with Crippen LogP contribution in [0.1, 0.15) is 5.82 Å². The average molecular weight is 245 g/mol. The van der Waals surface area contributed by atoms with Gasteiger partial charge >= 0.3 is 0 Å². The Bertz CT molecular complexity index is 573. The molecule has 0 spiro atoms. The Labute approximate surface area is 103 Å².